The number of hydrogen-bond acceptors (Lipinski definition) is 4. The molecule has 1 aromatic rings. The molecule has 5 nitrogen and oxygen atoms in total. The minimum Gasteiger partial charge on any atom is -0.381 e. The molecule has 0 amide bonds. The Morgan fingerprint density at radius 2 is 2.24 bits per heavy atom. The van der Waals surface area contributed by atoms with Gasteiger partial charge in [0.05, 0.1) is 11.9 Å². The molecule has 118 valence electrons. The van der Waals surface area contributed by atoms with Crippen molar-refractivity contribution in [1.29, 1.82) is 0 Å². The summed E-state index contributed by atoms with van der Waals surface area (Å²) in [6.07, 6.45) is 5.88. The van der Waals surface area contributed by atoms with Crippen LogP contribution in [-0.4, -0.2) is 29.0 Å². The molecule has 21 heavy (non-hydrogen) atoms. The van der Waals surface area contributed by atoms with Gasteiger partial charge in [0.2, 0.25) is 0 Å². The zero-order valence-electron chi connectivity index (χ0n) is 12.8. The van der Waals surface area contributed by atoms with Crippen LogP contribution in [0.1, 0.15) is 39.5 Å². The molecule has 1 aliphatic rings. The number of ether oxygens (including phenoxy) is 1. The zero-order valence-corrected chi connectivity index (χ0v) is 14.4. The SMILES string of the molecule is CCCCn1ncc(NC(C)C2CCOCC2)c(Br)c1=O. The van der Waals surface area contributed by atoms with Gasteiger partial charge >= 0.3 is 0 Å². The fourth-order valence-electron chi connectivity index (χ4n) is 2.61. The normalized spacial score (nSPS) is 17.7. The largest absolute Gasteiger partial charge is 0.381 e. The van der Waals surface area contributed by atoms with Gasteiger partial charge < -0.3 is 10.1 Å². The molecule has 1 aromatic heterocycles. The van der Waals surface area contributed by atoms with Crippen LogP contribution in [0.25, 0.3) is 0 Å². The Morgan fingerprint density at radius 1 is 1.52 bits per heavy atom. The highest BCUT2D eigenvalue weighted by atomic mass is 79.9. The highest BCUT2D eigenvalue weighted by Crippen LogP contribution is 2.24. The quantitative estimate of drug-likeness (QED) is 0.849. The van der Waals surface area contributed by atoms with Crippen molar-refractivity contribution >= 4 is 21.6 Å². The van der Waals surface area contributed by atoms with Gasteiger partial charge in [0, 0.05) is 25.8 Å². The molecule has 0 spiro atoms. The van der Waals surface area contributed by atoms with Crippen molar-refractivity contribution in [1.82, 2.24) is 9.78 Å². The summed E-state index contributed by atoms with van der Waals surface area (Å²) in [6, 6.07) is 0.304. The Balaban J connectivity index is 2.06. The van der Waals surface area contributed by atoms with Gasteiger partial charge in [-0.1, -0.05) is 13.3 Å². The Bertz CT molecular complexity index is 512. The van der Waals surface area contributed by atoms with E-state index in [1.54, 1.807) is 6.20 Å². The third-order valence-electron chi connectivity index (χ3n) is 4.06. The number of nitrogens with one attached hydrogen (secondary N) is 1. The summed E-state index contributed by atoms with van der Waals surface area (Å²) in [5.41, 5.74) is 0.722. The molecule has 1 unspecified atom stereocenters. The number of halogens is 1. The van der Waals surface area contributed by atoms with Crippen LogP contribution in [0, 0.1) is 5.92 Å². The Morgan fingerprint density at radius 3 is 2.90 bits per heavy atom. The summed E-state index contributed by atoms with van der Waals surface area (Å²) in [7, 11) is 0. The number of unbranched alkanes of at least 4 members (excludes halogenated alkanes) is 1. The first-order valence-corrected chi connectivity index (χ1v) is 8.52. The summed E-state index contributed by atoms with van der Waals surface area (Å²) in [4.78, 5) is 12.2. The zero-order chi connectivity index (χ0) is 15.2. The Kier molecular flexibility index (Phi) is 6.23. The van der Waals surface area contributed by atoms with Crippen molar-refractivity contribution in [2.24, 2.45) is 5.92 Å². The molecule has 1 fully saturated rings. The van der Waals surface area contributed by atoms with E-state index in [0.29, 0.717) is 23.0 Å². The van der Waals surface area contributed by atoms with Crippen LogP contribution in [0.3, 0.4) is 0 Å². The second-order valence-corrected chi connectivity index (χ2v) is 6.43. The molecule has 0 aliphatic carbocycles. The Hall–Kier alpha value is -0.880. The topological polar surface area (TPSA) is 56.1 Å². The molecule has 2 rings (SSSR count). The molecule has 1 atom stereocenters. The predicted molar refractivity (Wildman–Crippen MR) is 87.7 cm³/mol. The van der Waals surface area contributed by atoms with E-state index in [4.69, 9.17) is 4.74 Å². The van der Waals surface area contributed by atoms with Gasteiger partial charge in [-0.3, -0.25) is 4.79 Å². The molecule has 2 heterocycles. The number of aromatic nitrogens is 2. The lowest BCUT2D eigenvalue weighted by molar-refractivity contribution is 0.0622. The first-order chi connectivity index (χ1) is 10.1. The van der Waals surface area contributed by atoms with E-state index >= 15 is 0 Å². The maximum atomic E-state index is 12.2. The maximum Gasteiger partial charge on any atom is 0.283 e. The molecule has 0 saturated carbocycles. The minimum atomic E-state index is -0.0624. The van der Waals surface area contributed by atoms with Crippen LogP contribution in [0.15, 0.2) is 15.5 Å². The van der Waals surface area contributed by atoms with Gasteiger partial charge in [0.25, 0.3) is 5.56 Å². The second kappa shape index (κ2) is 7.94. The summed E-state index contributed by atoms with van der Waals surface area (Å²) in [5.74, 6) is 0.577. The number of aryl methyl sites for hydroxylation is 1. The van der Waals surface area contributed by atoms with E-state index in [2.05, 4.69) is 40.2 Å². The van der Waals surface area contributed by atoms with E-state index < -0.39 is 0 Å². The second-order valence-electron chi connectivity index (χ2n) is 5.64. The van der Waals surface area contributed by atoms with Crippen molar-refractivity contribution < 1.29 is 4.74 Å². The molecule has 6 heteroatoms. The van der Waals surface area contributed by atoms with Crippen LogP contribution in [0.5, 0.6) is 0 Å². The van der Waals surface area contributed by atoms with E-state index in [9.17, 15) is 4.79 Å². The van der Waals surface area contributed by atoms with Crippen LogP contribution < -0.4 is 10.9 Å². The lowest BCUT2D eigenvalue weighted by Crippen LogP contribution is -2.32. The summed E-state index contributed by atoms with van der Waals surface area (Å²) in [6.45, 7) is 6.59. The smallest absolute Gasteiger partial charge is 0.283 e. The number of nitrogens with zero attached hydrogens (tertiary/aromatic N) is 2. The van der Waals surface area contributed by atoms with Crippen LogP contribution in [-0.2, 0) is 11.3 Å². The van der Waals surface area contributed by atoms with Crippen LogP contribution in [0.2, 0.25) is 0 Å². The molecular formula is C15H24BrN3O2. The summed E-state index contributed by atoms with van der Waals surface area (Å²) in [5, 5.41) is 7.69. The lowest BCUT2D eigenvalue weighted by atomic mass is 9.93. The summed E-state index contributed by atoms with van der Waals surface area (Å²) < 4.78 is 7.50. The van der Waals surface area contributed by atoms with E-state index in [-0.39, 0.29) is 5.56 Å². The van der Waals surface area contributed by atoms with Crippen molar-refractivity contribution in [3.63, 3.8) is 0 Å². The summed E-state index contributed by atoms with van der Waals surface area (Å²) >= 11 is 3.41. The number of anilines is 1. The average Bonchev–Trinajstić information content (AvgIpc) is 2.52. The van der Waals surface area contributed by atoms with E-state index in [0.717, 1.165) is 44.6 Å². The fourth-order valence-corrected chi connectivity index (χ4v) is 3.03. The van der Waals surface area contributed by atoms with Crippen molar-refractivity contribution in [3.05, 3.63) is 21.0 Å². The van der Waals surface area contributed by atoms with Crippen molar-refractivity contribution in [2.75, 3.05) is 18.5 Å². The van der Waals surface area contributed by atoms with Gasteiger partial charge in [-0.25, -0.2) is 4.68 Å². The van der Waals surface area contributed by atoms with Crippen LogP contribution >= 0.6 is 15.9 Å². The van der Waals surface area contributed by atoms with Gasteiger partial charge in [-0.05, 0) is 48.0 Å². The minimum absolute atomic E-state index is 0.0624. The molecular weight excluding hydrogens is 334 g/mol. The first-order valence-electron chi connectivity index (χ1n) is 7.73. The number of hydrogen-bond donors (Lipinski definition) is 1. The highest BCUT2D eigenvalue weighted by molar-refractivity contribution is 9.10. The average molecular weight is 358 g/mol. The third-order valence-corrected chi connectivity index (χ3v) is 4.83. The molecule has 0 aromatic carbocycles. The third kappa shape index (κ3) is 4.30. The molecule has 0 bridgehead atoms. The van der Waals surface area contributed by atoms with Crippen molar-refractivity contribution in [2.45, 2.75) is 52.1 Å². The highest BCUT2D eigenvalue weighted by Gasteiger charge is 2.21. The molecule has 0 radical (unpaired) electrons. The van der Waals surface area contributed by atoms with Gasteiger partial charge in [0.1, 0.15) is 4.47 Å². The predicted octanol–water partition coefficient (Wildman–Crippen LogP) is 3.03. The number of rotatable bonds is 6. The van der Waals surface area contributed by atoms with Crippen LogP contribution in [0.4, 0.5) is 5.69 Å². The maximum absolute atomic E-state index is 12.2. The van der Waals surface area contributed by atoms with Gasteiger partial charge in [-0.15, -0.1) is 0 Å². The molecule has 1 N–H and O–H groups in total. The standard InChI is InChI=1S/C15H24BrN3O2/c1-3-4-7-19-15(20)14(16)13(10-17-19)18-11(2)12-5-8-21-9-6-12/h10-12,18H,3-9H2,1-2H3. The van der Waals surface area contributed by atoms with Crippen molar-refractivity contribution in [3.8, 4) is 0 Å². The van der Waals surface area contributed by atoms with E-state index in [1.165, 1.54) is 4.68 Å². The lowest BCUT2D eigenvalue weighted by Gasteiger charge is -2.29. The van der Waals surface area contributed by atoms with Gasteiger partial charge in [-0.2, -0.15) is 5.10 Å². The Labute approximate surface area is 134 Å². The fraction of sp³-hybridized carbons (Fsp3) is 0.733. The molecule has 1 aliphatic heterocycles. The van der Waals surface area contributed by atoms with Gasteiger partial charge in [0.15, 0.2) is 0 Å². The monoisotopic (exact) mass is 357 g/mol. The van der Waals surface area contributed by atoms with E-state index in [1.807, 2.05) is 0 Å². The first kappa shape index (κ1) is 16.5. The molecule has 1 saturated heterocycles.